The summed E-state index contributed by atoms with van der Waals surface area (Å²) in [5.41, 5.74) is 1.02. The fourth-order valence-electron chi connectivity index (χ4n) is 2.33. The molecule has 0 saturated carbocycles. The number of nitrogens with one attached hydrogen (secondary N) is 2. The van der Waals surface area contributed by atoms with Crippen LogP contribution in [0.4, 0.5) is 5.69 Å². The predicted molar refractivity (Wildman–Crippen MR) is 83.4 cm³/mol. The first kappa shape index (κ1) is 13.9. The molecule has 0 radical (unpaired) electrons. The van der Waals surface area contributed by atoms with Gasteiger partial charge in [-0.3, -0.25) is 25.0 Å². The van der Waals surface area contributed by atoms with Crippen LogP contribution in [0.2, 0.25) is 0 Å². The van der Waals surface area contributed by atoms with Crippen molar-refractivity contribution >= 4 is 62.2 Å². The maximum atomic E-state index is 12.4. The fraction of sp³-hybridized carbons (Fsp3) is 0.0769. The Labute approximate surface area is 133 Å². The molecule has 1 fully saturated rings. The quantitative estimate of drug-likeness (QED) is 0.403. The van der Waals surface area contributed by atoms with E-state index in [0.717, 1.165) is 4.47 Å². The molecule has 0 aromatic heterocycles. The number of nitrogens with zero attached hydrogens (tertiary/aromatic N) is 1. The molecular formula is C13H8BrN3O3S. The number of hydrogen-bond donors (Lipinski definition) is 2. The van der Waals surface area contributed by atoms with Gasteiger partial charge in [-0.1, -0.05) is 15.9 Å². The van der Waals surface area contributed by atoms with Crippen LogP contribution in [0.3, 0.4) is 0 Å². The number of thiocarbonyl (C=S) groups is 1. The molecule has 2 aliphatic rings. The van der Waals surface area contributed by atoms with Crippen molar-refractivity contribution in [2.45, 2.75) is 0 Å². The van der Waals surface area contributed by atoms with E-state index in [1.807, 2.05) is 0 Å². The zero-order chi connectivity index (χ0) is 15.3. The lowest BCUT2D eigenvalue weighted by atomic mass is 9.99. The van der Waals surface area contributed by atoms with Crippen molar-refractivity contribution < 1.29 is 14.4 Å². The maximum absolute atomic E-state index is 12.4. The van der Waals surface area contributed by atoms with E-state index in [4.69, 9.17) is 12.2 Å². The molecule has 0 aliphatic carbocycles. The Morgan fingerprint density at radius 3 is 2.33 bits per heavy atom. The molecule has 0 bridgehead atoms. The highest BCUT2D eigenvalue weighted by molar-refractivity contribution is 9.10. The normalized spacial score (nSPS) is 17.9. The van der Waals surface area contributed by atoms with Crippen molar-refractivity contribution in [2.75, 3.05) is 11.9 Å². The van der Waals surface area contributed by atoms with Crippen LogP contribution in [0.5, 0.6) is 0 Å². The van der Waals surface area contributed by atoms with Crippen LogP contribution >= 0.6 is 28.1 Å². The number of halogens is 1. The van der Waals surface area contributed by atoms with E-state index in [9.17, 15) is 14.4 Å². The second kappa shape index (κ2) is 4.74. The van der Waals surface area contributed by atoms with Crippen LogP contribution in [0.25, 0.3) is 5.57 Å². The van der Waals surface area contributed by atoms with Gasteiger partial charge >= 0.3 is 0 Å². The van der Waals surface area contributed by atoms with Crippen LogP contribution in [-0.4, -0.2) is 29.9 Å². The van der Waals surface area contributed by atoms with Crippen LogP contribution in [0.1, 0.15) is 5.56 Å². The minimum Gasteiger partial charge on any atom is -0.311 e. The second-order valence-electron chi connectivity index (χ2n) is 4.51. The van der Waals surface area contributed by atoms with Crippen molar-refractivity contribution in [2.24, 2.45) is 0 Å². The largest absolute Gasteiger partial charge is 0.311 e. The zero-order valence-corrected chi connectivity index (χ0v) is 13.1. The van der Waals surface area contributed by atoms with Gasteiger partial charge in [0, 0.05) is 17.1 Å². The van der Waals surface area contributed by atoms with Gasteiger partial charge in [-0.05, 0) is 30.4 Å². The molecular weight excluding hydrogens is 358 g/mol. The number of benzene rings is 1. The van der Waals surface area contributed by atoms with Crippen molar-refractivity contribution in [1.29, 1.82) is 0 Å². The Morgan fingerprint density at radius 2 is 1.71 bits per heavy atom. The molecule has 1 aromatic carbocycles. The van der Waals surface area contributed by atoms with E-state index in [1.54, 1.807) is 25.2 Å². The van der Waals surface area contributed by atoms with Crippen LogP contribution in [-0.2, 0) is 14.4 Å². The molecule has 6 nitrogen and oxygen atoms in total. The van der Waals surface area contributed by atoms with Crippen LogP contribution < -0.4 is 15.5 Å². The fourth-order valence-corrected chi connectivity index (χ4v) is 2.87. The lowest BCUT2D eigenvalue weighted by Crippen LogP contribution is -2.52. The van der Waals surface area contributed by atoms with Crippen molar-refractivity contribution in [3.05, 3.63) is 33.8 Å². The van der Waals surface area contributed by atoms with E-state index >= 15 is 0 Å². The SMILES string of the molecule is CN1C(=O)C(=C2C(=O)NC(=S)NC2=O)c2cc(Br)ccc21. The van der Waals surface area contributed by atoms with Crippen molar-refractivity contribution in [3.8, 4) is 0 Å². The first-order valence-corrected chi connectivity index (χ1v) is 7.09. The summed E-state index contributed by atoms with van der Waals surface area (Å²) in [7, 11) is 1.59. The highest BCUT2D eigenvalue weighted by atomic mass is 79.9. The van der Waals surface area contributed by atoms with Gasteiger partial charge in [-0.2, -0.15) is 0 Å². The molecule has 2 aliphatic heterocycles. The third-order valence-electron chi connectivity index (χ3n) is 3.27. The first-order valence-electron chi connectivity index (χ1n) is 5.89. The molecule has 2 heterocycles. The molecule has 2 N–H and O–H groups in total. The summed E-state index contributed by atoms with van der Waals surface area (Å²) in [6, 6.07) is 5.23. The predicted octanol–water partition coefficient (Wildman–Crippen LogP) is 0.710. The average Bonchev–Trinajstić information content (AvgIpc) is 2.62. The molecule has 3 amide bonds. The summed E-state index contributed by atoms with van der Waals surface area (Å²) in [5, 5.41) is 4.61. The van der Waals surface area contributed by atoms with Crippen LogP contribution in [0, 0.1) is 0 Å². The number of carbonyl (C=O) groups is 3. The Balaban J connectivity index is 2.28. The van der Waals surface area contributed by atoms with E-state index in [0.29, 0.717) is 11.3 Å². The molecule has 1 aromatic rings. The maximum Gasteiger partial charge on any atom is 0.263 e. The van der Waals surface area contributed by atoms with E-state index < -0.39 is 17.7 Å². The van der Waals surface area contributed by atoms with Gasteiger partial charge in [0.05, 0.1) is 11.3 Å². The van der Waals surface area contributed by atoms with Gasteiger partial charge in [0.15, 0.2) is 5.11 Å². The summed E-state index contributed by atoms with van der Waals surface area (Å²) in [4.78, 5) is 37.9. The molecule has 3 rings (SSSR count). The second-order valence-corrected chi connectivity index (χ2v) is 5.84. The summed E-state index contributed by atoms with van der Waals surface area (Å²) in [6.07, 6.45) is 0. The monoisotopic (exact) mass is 365 g/mol. The van der Waals surface area contributed by atoms with Gasteiger partial charge in [-0.15, -0.1) is 0 Å². The molecule has 8 heteroatoms. The number of amides is 3. The van der Waals surface area contributed by atoms with E-state index in [2.05, 4.69) is 26.6 Å². The first-order chi connectivity index (χ1) is 9.90. The zero-order valence-electron chi connectivity index (χ0n) is 10.7. The number of anilines is 1. The number of fused-ring (bicyclic) bond motifs is 1. The molecule has 0 unspecified atom stereocenters. The number of likely N-dealkylation sites (N-methyl/N-ethyl adjacent to an activating group) is 1. The Bertz CT molecular complexity index is 750. The number of carbonyl (C=O) groups excluding carboxylic acids is 3. The lowest BCUT2D eigenvalue weighted by Gasteiger charge is -2.18. The van der Waals surface area contributed by atoms with Crippen LogP contribution in [0.15, 0.2) is 28.2 Å². The van der Waals surface area contributed by atoms with Gasteiger partial charge in [-0.25, -0.2) is 0 Å². The van der Waals surface area contributed by atoms with E-state index in [1.165, 1.54) is 4.90 Å². The molecule has 0 atom stereocenters. The average molecular weight is 366 g/mol. The third kappa shape index (κ3) is 2.07. The van der Waals surface area contributed by atoms with Crippen molar-refractivity contribution in [3.63, 3.8) is 0 Å². The van der Waals surface area contributed by atoms with Gasteiger partial charge < -0.3 is 4.90 Å². The summed E-state index contributed by atoms with van der Waals surface area (Å²) in [6.45, 7) is 0. The molecule has 0 spiro atoms. The number of hydrogen-bond acceptors (Lipinski definition) is 4. The van der Waals surface area contributed by atoms with Gasteiger partial charge in [0.2, 0.25) is 0 Å². The Kier molecular flexibility index (Phi) is 3.14. The summed E-state index contributed by atoms with van der Waals surface area (Å²) >= 11 is 8.07. The molecule has 21 heavy (non-hydrogen) atoms. The van der Waals surface area contributed by atoms with Crippen molar-refractivity contribution in [1.82, 2.24) is 10.6 Å². The topological polar surface area (TPSA) is 78.5 Å². The smallest absolute Gasteiger partial charge is 0.263 e. The Hall–Kier alpha value is -2.06. The lowest BCUT2D eigenvalue weighted by molar-refractivity contribution is -0.124. The third-order valence-corrected chi connectivity index (χ3v) is 3.96. The van der Waals surface area contributed by atoms with Gasteiger partial charge in [0.25, 0.3) is 17.7 Å². The highest BCUT2D eigenvalue weighted by Crippen LogP contribution is 2.39. The minimum atomic E-state index is -0.673. The molecule has 106 valence electrons. The standard InChI is InChI=1S/C13H8BrN3O3S/c1-17-7-3-2-5(14)4-6(7)8(12(17)20)9-10(18)15-13(21)16-11(9)19/h2-4H,1H3,(H2,15,16,18,19,21). The van der Waals surface area contributed by atoms with Gasteiger partial charge in [0.1, 0.15) is 5.57 Å². The minimum absolute atomic E-state index is 0.0670. The summed E-state index contributed by atoms with van der Waals surface area (Å²) in [5.74, 6) is -1.75. The number of rotatable bonds is 0. The Morgan fingerprint density at radius 1 is 1.10 bits per heavy atom. The molecule has 1 saturated heterocycles. The highest BCUT2D eigenvalue weighted by Gasteiger charge is 2.39. The van der Waals surface area contributed by atoms with E-state index in [-0.39, 0.29) is 16.3 Å². The summed E-state index contributed by atoms with van der Waals surface area (Å²) < 4.78 is 0.745.